The molecule has 2 amide bonds. The summed E-state index contributed by atoms with van der Waals surface area (Å²) >= 11 is 7.69. The maximum absolute atomic E-state index is 13.2. The summed E-state index contributed by atoms with van der Waals surface area (Å²) in [4.78, 5) is 26.0. The maximum atomic E-state index is 13.2. The fourth-order valence-electron chi connectivity index (χ4n) is 3.84. The number of benzene rings is 2. The first-order valence-electron chi connectivity index (χ1n) is 10.6. The number of thiophene rings is 1. The molecule has 5 nitrogen and oxygen atoms in total. The second kappa shape index (κ2) is 9.76. The van der Waals surface area contributed by atoms with Gasteiger partial charge in [-0.25, -0.2) is 0 Å². The first-order chi connectivity index (χ1) is 15.4. The van der Waals surface area contributed by atoms with Crippen LogP contribution >= 0.6 is 22.9 Å². The van der Waals surface area contributed by atoms with Gasteiger partial charge in [0, 0.05) is 28.1 Å². The van der Waals surface area contributed by atoms with E-state index in [-0.39, 0.29) is 11.8 Å². The van der Waals surface area contributed by atoms with Crippen LogP contribution in [0.2, 0.25) is 5.02 Å². The van der Waals surface area contributed by atoms with Crippen molar-refractivity contribution in [2.45, 2.75) is 39.7 Å². The maximum Gasteiger partial charge on any atom is 0.258 e. The summed E-state index contributed by atoms with van der Waals surface area (Å²) < 4.78 is 5.81. The second-order valence-corrected chi connectivity index (χ2v) is 9.61. The Morgan fingerprint density at radius 2 is 1.88 bits per heavy atom. The number of anilines is 2. The minimum atomic E-state index is -0.203. The average Bonchev–Trinajstić information content (AvgIpc) is 3.10. The highest BCUT2D eigenvalue weighted by molar-refractivity contribution is 7.17. The number of fused-ring (bicyclic) bond motifs is 1. The lowest BCUT2D eigenvalue weighted by Gasteiger charge is -2.18. The topological polar surface area (TPSA) is 67.4 Å². The summed E-state index contributed by atoms with van der Waals surface area (Å²) in [6.07, 6.45) is 2.84. The highest BCUT2D eigenvalue weighted by Crippen LogP contribution is 2.40. The van der Waals surface area contributed by atoms with E-state index in [2.05, 4.69) is 17.6 Å². The van der Waals surface area contributed by atoms with Gasteiger partial charge in [0.2, 0.25) is 5.91 Å². The number of ether oxygens (including phenoxy) is 1. The third-order valence-corrected chi connectivity index (χ3v) is 7.03. The molecule has 0 saturated carbocycles. The quantitative estimate of drug-likeness (QED) is 0.445. The SMILES string of the molecule is CC(=O)Nc1sc2c(c1C(=O)Nc1ccc(OCc3ccccc3Cl)cc1)CCC(C)C2. The van der Waals surface area contributed by atoms with E-state index >= 15 is 0 Å². The Morgan fingerprint density at radius 1 is 1.12 bits per heavy atom. The highest BCUT2D eigenvalue weighted by atomic mass is 35.5. The van der Waals surface area contributed by atoms with Crippen molar-refractivity contribution in [2.75, 3.05) is 10.6 Å². The van der Waals surface area contributed by atoms with Gasteiger partial charge in [-0.15, -0.1) is 11.3 Å². The lowest BCUT2D eigenvalue weighted by molar-refractivity contribution is -0.114. The minimum absolute atomic E-state index is 0.175. The highest BCUT2D eigenvalue weighted by Gasteiger charge is 2.28. The van der Waals surface area contributed by atoms with Crippen LogP contribution < -0.4 is 15.4 Å². The molecule has 1 atom stereocenters. The van der Waals surface area contributed by atoms with Gasteiger partial charge in [-0.05, 0) is 61.1 Å². The molecule has 1 aromatic heterocycles. The van der Waals surface area contributed by atoms with Gasteiger partial charge in [0.05, 0.1) is 5.56 Å². The van der Waals surface area contributed by atoms with Crippen LogP contribution in [-0.4, -0.2) is 11.8 Å². The van der Waals surface area contributed by atoms with Crippen molar-refractivity contribution in [3.63, 3.8) is 0 Å². The van der Waals surface area contributed by atoms with E-state index in [9.17, 15) is 9.59 Å². The Hall–Kier alpha value is -2.83. The van der Waals surface area contributed by atoms with Crippen LogP contribution in [0.25, 0.3) is 0 Å². The molecule has 1 heterocycles. The van der Waals surface area contributed by atoms with E-state index in [1.807, 2.05) is 36.4 Å². The summed E-state index contributed by atoms with van der Waals surface area (Å²) in [6.45, 7) is 4.05. The lowest BCUT2D eigenvalue weighted by Crippen LogP contribution is -2.18. The molecule has 0 fully saturated rings. The molecule has 2 N–H and O–H groups in total. The van der Waals surface area contributed by atoms with Crippen LogP contribution in [0.15, 0.2) is 48.5 Å². The number of hydrogen-bond donors (Lipinski definition) is 2. The Labute approximate surface area is 196 Å². The van der Waals surface area contributed by atoms with Gasteiger partial charge in [0.15, 0.2) is 0 Å². The van der Waals surface area contributed by atoms with Crippen LogP contribution in [0.4, 0.5) is 10.7 Å². The number of carbonyl (C=O) groups is 2. The van der Waals surface area contributed by atoms with Crippen molar-refractivity contribution in [1.29, 1.82) is 0 Å². The van der Waals surface area contributed by atoms with E-state index < -0.39 is 0 Å². The molecule has 0 aliphatic heterocycles. The van der Waals surface area contributed by atoms with Crippen LogP contribution in [0.3, 0.4) is 0 Å². The lowest BCUT2D eigenvalue weighted by atomic mass is 9.88. The average molecular weight is 469 g/mol. The molecule has 32 heavy (non-hydrogen) atoms. The van der Waals surface area contributed by atoms with Crippen molar-refractivity contribution < 1.29 is 14.3 Å². The monoisotopic (exact) mass is 468 g/mol. The number of hydrogen-bond acceptors (Lipinski definition) is 4. The van der Waals surface area contributed by atoms with Gasteiger partial charge in [-0.1, -0.05) is 36.7 Å². The van der Waals surface area contributed by atoms with Crippen molar-refractivity contribution in [3.05, 3.63) is 75.1 Å². The zero-order chi connectivity index (χ0) is 22.7. The Kier molecular flexibility index (Phi) is 6.82. The number of amides is 2. The Balaban J connectivity index is 1.47. The summed E-state index contributed by atoms with van der Waals surface area (Å²) in [6, 6.07) is 14.8. The first kappa shape index (κ1) is 22.4. The van der Waals surface area contributed by atoms with Gasteiger partial charge in [-0.3, -0.25) is 9.59 Å². The molecule has 4 rings (SSSR count). The number of rotatable bonds is 6. The van der Waals surface area contributed by atoms with Crippen LogP contribution in [0.5, 0.6) is 5.75 Å². The minimum Gasteiger partial charge on any atom is -0.489 e. The predicted molar refractivity (Wildman–Crippen MR) is 130 cm³/mol. The zero-order valence-electron chi connectivity index (χ0n) is 18.0. The number of nitrogens with one attached hydrogen (secondary N) is 2. The van der Waals surface area contributed by atoms with Crippen molar-refractivity contribution in [2.24, 2.45) is 5.92 Å². The van der Waals surface area contributed by atoms with Gasteiger partial charge in [-0.2, -0.15) is 0 Å². The molecule has 2 aromatic carbocycles. The predicted octanol–water partition coefficient (Wildman–Crippen LogP) is 6.32. The van der Waals surface area contributed by atoms with E-state index in [0.717, 1.165) is 30.4 Å². The van der Waals surface area contributed by atoms with Crippen molar-refractivity contribution in [1.82, 2.24) is 0 Å². The van der Waals surface area contributed by atoms with E-state index in [1.165, 1.54) is 23.1 Å². The number of halogens is 1. The van der Waals surface area contributed by atoms with E-state index in [1.54, 1.807) is 12.1 Å². The third kappa shape index (κ3) is 5.14. The molecule has 1 aliphatic carbocycles. The van der Waals surface area contributed by atoms with E-state index in [4.69, 9.17) is 16.3 Å². The molecule has 0 bridgehead atoms. The normalized spacial score (nSPS) is 15.0. The van der Waals surface area contributed by atoms with Crippen molar-refractivity contribution >= 4 is 45.4 Å². The van der Waals surface area contributed by atoms with Crippen LogP contribution in [0.1, 0.15) is 46.6 Å². The fourth-order valence-corrected chi connectivity index (χ4v) is 5.49. The fraction of sp³-hybridized carbons (Fsp3) is 0.280. The molecule has 0 spiro atoms. The molecule has 0 saturated heterocycles. The molecule has 1 unspecified atom stereocenters. The third-order valence-electron chi connectivity index (χ3n) is 5.49. The van der Waals surface area contributed by atoms with Gasteiger partial charge < -0.3 is 15.4 Å². The molecule has 3 aromatic rings. The standard InChI is InChI=1S/C25H25ClN2O3S/c1-15-7-12-20-22(13-15)32-25(27-16(2)29)23(20)24(30)28-18-8-10-19(11-9-18)31-14-17-5-3-4-6-21(17)26/h3-6,8-11,15H,7,12-14H2,1-2H3,(H,27,29)(H,28,30). The molecule has 7 heteroatoms. The summed E-state index contributed by atoms with van der Waals surface area (Å²) in [5.74, 6) is 0.889. The van der Waals surface area contributed by atoms with Gasteiger partial charge in [0.1, 0.15) is 17.4 Å². The number of carbonyl (C=O) groups excluding carboxylic acids is 2. The van der Waals surface area contributed by atoms with Crippen LogP contribution in [-0.2, 0) is 24.2 Å². The Bertz CT molecular complexity index is 1140. The van der Waals surface area contributed by atoms with Crippen molar-refractivity contribution in [3.8, 4) is 5.75 Å². The zero-order valence-corrected chi connectivity index (χ0v) is 19.6. The molecule has 166 valence electrons. The summed E-state index contributed by atoms with van der Waals surface area (Å²) in [7, 11) is 0. The van der Waals surface area contributed by atoms with E-state index in [0.29, 0.717) is 39.5 Å². The second-order valence-electron chi connectivity index (χ2n) is 8.10. The molecule has 0 radical (unpaired) electrons. The summed E-state index contributed by atoms with van der Waals surface area (Å²) in [5.41, 5.74) is 3.23. The first-order valence-corrected chi connectivity index (χ1v) is 11.8. The van der Waals surface area contributed by atoms with Crippen LogP contribution in [0, 0.1) is 5.92 Å². The summed E-state index contributed by atoms with van der Waals surface area (Å²) in [5, 5.41) is 7.11. The molecular formula is C25H25ClN2O3S. The Morgan fingerprint density at radius 3 is 2.59 bits per heavy atom. The smallest absolute Gasteiger partial charge is 0.258 e. The largest absolute Gasteiger partial charge is 0.489 e. The van der Waals surface area contributed by atoms with Gasteiger partial charge >= 0.3 is 0 Å². The molecular weight excluding hydrogens is 444 g/mol. The van der Waals surface area contributed by atoms with Gasteiger partial charge in [0.25, 0.3) is 5.91 Å². The molecule has 1 aliphatic rings.